The molecule has 0 fully saturated rings. The van der Waals surface area contributed by atoms with Gasteiger partial charge in [-0.05, 0) is 36.8 Å². The standard InChI is InChI=1S/C21H23N3O4/c1-14-17(20(25)22-13-15-5-4-6-16(11-15)28-3)12-18-19(23-14)7-8-24(21(18)26)9-10-27-2/h4-8,11-12H,9-10,13H2,1-3H3,(H,22,25). The topological polar surface area (TPSA) is 82.5 Å². The van der Waals surface area contributed by atoms with Gasteiger partial charge < -0.3 is 19.4 Å². The van der Waals surface area contributed by atoms with Crippen molar-refractivity contribution in [1.82, 2.24) is 14.9 Å². The van der Waals surface area contributed by atoms with Gasteiger partial charge in [0.25, 0.3) is 11.5 Å². The SMILES string of the molecule is COCCn1ccc2nc(C)c(C(=O)NCc3cccc(OC)c3)cc2c1=O. The summed E-state index contributed by atoms with van der Waals surface area (Å²) in [4.78, 5) is 29.8. The molecular formula is C21H23N3O4. The molecule has 3 aromatic rings. The average Bonchev–Trinajstić information content (AvgIpc) is 2.71. The number of ether oxygens (including phenoxy) is 2. The number of fused-ring (bicyclic) bond motifs is 1. The number of nitrogens with one attached hydrogen (secondary N) is 1. The maximum absolute atomic E-state index is 12.7. The fourth-order valence-electron chi connectivity index (χ4n) is 2.96. The summed E-state index contributed by atoms with van der Waals surface area (Å²) in [7, 11) is 3.18. The van der Waals surface area contributed by atoms with Crippen molar-refractivity contribution in [3.63, 3.8) is 0 Å². The number of aryl methyl sites for hydroxylation is 1. The van der Waals surface area contributed by atoms with Crippen molar-refractivity contribution in [3.8, 4) is 5.75 Å². The summed E-state index contributed by atoms with van der Waals surface area (Å²) in [6.45, 7) is 2.98. The number of nitrogens with zero attached hydrogens (tertiary/aromatic N) is 2. The molecule has 0 unspecified atom stereocenters. The summed E-state index contributed by atoms with van der Waals surface area (Å²) >= 11 is 0. The van der Waals surface area contributed by atoms with Gasteiger partial charge in [-0.3, -0.25) is 14.6 Å². The van der Waals surface area contributed by atoms with Crippen molar-refractivity contribution in [3.05, 3.63) is 69.8 Å². The number of pyridine rings is 2. The molecule has 0 saturated heterocycles. The first-order valence-corrected chi connectivity index (χ1v) is 8.94. The molecule has 2 heterocycles. The van der Waals surface area contributed by atoms with E-state index in [0.29, 0.717) is 41.9 Å². The predicted octanol–water partition coefficient (Wildman–Crippen LogP) is 2.29. The highest BCUT2D eigenvalue weighted by Gasteiger charge is 2.14. The van der Waals surface area contributed by atoms with E-state index in [-0.39, 0.29) is 11.5 Å². The van der Waals surface area contributed by atoms with E-state index in [0.717, 1.165) is 11.3 Å². The van der Waals surface area contributed by atoms with E-state index in [9.17, 15) is 9.59 Å². The van der Waals surface area contributed by atoms with Gasteiger partial charge in [-0.1, -0.05) is 12.1 Å². The van der Waals surface area contributed by atoms with Gasteiger partial charge in [0, 0.05) is 26.4 Å². The van der Waals surface area contributed by atoms with Gasteiger partial charge in [-0.25, -0.2) is 0 Å². The van der Waals surface area contributed by atoms with Crippen LogP contribution >= 0.6 is 0 Å². The normalized spacial score (nSPS) is 10.8. The van der Waals surface area contributed by atoms with Gasteiger partial charge in [0.1, 0.15) is 5.75 Å². The summed E-state index contributed by atoms with van der Waals surface area (Å²) in [6, 6.07) is 10.9. The quantitative estimate of drug-likeness (QED) is 0.679. The molecule has 0 aliphatic heterocycles. The highest BCUT2D eigenvalue weighted by atomic mass is 16.5. The summed E-state index contributed by atoms with van der Waals surface area (Å²) < 4.78 is 11.8. The Labute approximate surface area is 162 Å². The van der Waals surface area contributed by atoms with Crippen LogP contribution in [0.3, 0.4) is 0 Å². The average molecular weight is 381 g/mol. The minimum Gasteiger partial charge on any atom is -0.497 e. The second-order valence-electron chi connectivity index (χ2n) is 6.40. The first kappa shape index (κ1) is 19.6. The number of hydrogen-bond donors (Lipinski definition) is 1. The third-order valence-corrected chi connectivity index (χ3v) is 4.51. The van der Waals surface area contributed by atoms with Gasteiger partial charge in [0.15, 0.2) is 0 Å². The molecule has 7 nitrogen and oxygen atoms in total. The largest absolute Gasteiger partial charge is 0.497 e. The summed E-state index contributed by atoms with van der Waals surface area (Å²) in [5.74, 6) is 0.452. The van der Waals surface area contributed by atoms with Crippen LogP contribution in [0.1, 0.15) is 21.6 Å². The Bertz CT molecular complexity index is 1060. The minimum absolute atomic E-state index is 0.191. The van der Waals surface area contributed by atoms with Gasteiger partial charge in [0.05, 0.1) is 35.9 Å². The lowest BCUT2D eigenvalue weighted by Crippen LogP contribution is -2.26. The number of amides is 1. The predicted molar refractivity (Wildman–Crippen MR) is 107 cm³/mol. The van der Waals surface area contributed by atoms with E-state index >= 15 is 0 Å². The van der Waals surface area contributed by atoms with Crippen molar-refractivity contribution >= 4 is 16.8 Å². The van der Waals surface area contributed by atoms with Crippen LogP contribution in [-0.4, -0.2) is 36.3 Å². The monoisotopic (exact) mass is 381 g/mol. The Morgan fingerprint density at radius 3 is 2.79 bits per heavy atom. The van der Waals surface area contributed by atoms with E-state index in [1.54, 1.807) is 44.0 Å². The number of carbonyl (C=O) groups is 1. The number of benzene rings is 1. The van der Waals surface area contributed by atoms with Crippen LogP contribution in [-0.2, 0) is 17.8 Å². The summed E-state index contributed by atoms with van der Waals surface area (Å²) in [5.41, 5.74) is 2.26. The molecule has 0 atom stereocenters. The molecule has 1 aromatic carbocycles. The number of rotatable bonds is 7. The maximum atomic E-state index is 12.7. The highest BCUT2D eigenvalue weighted by Crippen LogP contribution is 2.15. The zero-order valence-corrected chi connectivity index (χ0v) is 16.2. The van der Waals surface area contributed by atoms with Gasteiger partial charge in [0.2, 0.25) is 0 Å². The lowest BCUT2D eigenvalue weighted by Gasteiger charge is -2.11. The smallest absolute Gasteiger partial charge is 0.260 e. The van der Waals surface area contributed by atoms with E-state index in [4.69, 9.17) is 9.47 Å². The van der Waals surface area contributed by atoms with Crippen LogP contribution < -0.4 is 15.6 Å². The molecule has 0 radical (unpaired) electrons. The number of carbonyl (C=O) groups excluding carboxylic acids is 1. The van der Waals surface area contributed by atoms with E-state index in [1.165, 1.54) is 0 Å². The lowest BCUT2D eigenvalue weighted by molar-refractivity contribution is 0.0950. The Balaban J connectivity index is 1.86. The fraction of sp³-hybridized carbons (Fsp3) is 0.286. The van der Waals surface area contributed by atoms with Crippen molar-refractivity contribution in [1.29, 1.82) is 0 Å². The molecule has 0 spiro atoms. The van der Waals surface area contributed by atoms with E-state index in [2.05, 4.69) is 10.3 Å². The zero-order valence-electron chi connectivity index (χ0n) is 16.2. The lowest BCUT2D eigenvalue weighted by atomic mass is 10.1. The van der Waals surface area contributed by atoms with Crippen LogP contribution in [0.5, 0.6) is 5.75 Å². The van der Waals surface area contributed by atoms with Crippen molar-refractivity contribution in [2.24, 2.45) is 0 Å². The van der Waals surface area contributed by atoms with Crippen LogP contribution in [0.4, 0.5) is 0 Å². The van der Waals surface area contributed by atoms with Crippen LogP contribution in [0, 0.1) is 6.92 Å². The van der Waals surface area contributed by atoms with Crippen molar-refractivity contribution < 1.29 is 14.3 Å². The van der Waals surface area contributed by atoms with Crippen LogP contribution in [0.15, 0.2) is 47.4 Å². The molecule has 0 aliphatic carbocycles. The van der Waals surface area contributed by atoms with Crippen LogP contribution in [0.25, 0.3) is 10.9 Å². The molecule has 0 bridgehead atoms. The number of hydrogen-bond acceptors (Lipinski definition) is 5. The zero-order chi connectivity index (χ0) is 20.1. The molecule has 3 rings (SSSR count). The first-order chi connectivity index (χ1) is 13.5. The molecule has 1 amide bonds. The Morgan fingerprint density at radius 2 is 2.04 bits per heavy atom. The molecule has 0 saturated carbocycles. The van der Waals surface area contributed by atoms with Gasteiger partial charge in [-0.15, -0.1) is 0 Å². The Kier molecular flexibility index (Phi) is 6.06. The van der Waals surface area contributed by atoms with E-state index in [1.807, 2.05) is 24.3 Å². The van der Waals surface area contributed by atoms with Gasteiger partial charge in [-0.2, -0.15) is 0 Å². The molecule has 146 valence electrons. The molecule has 1 N–H and O–H groups in total. The minimum atomic E-state index is -0.276. The first-order valence-electron chi connectivity index (χ1n) is 8.94. The third-order valence-electron chi connectivity index (χ3n) is 4.51. The maximum Gasteiger partial charge on any atom is 0.260 e. The van der Waals surface area contributed by atoms with E-state index < -0.39 is 0 Å². The fourth-order valence-corrected chi connectivity index (χ4v) is 2.96. The second kappa shape index (κ2) is 8.67. The molecular weight excluding hydrogens is 358 g/mol. The third kappa shape index (κ3) is 4.20. The molecule has 0 aliphatic rings. The molecule has 28 heavy (non-hydrogen) atoms. The Hall–Kier alpha value is -3.19. The molecule has 2 aromatic heterocycles. The van der Waals surface area contributed by atoms with Crippen molar-refractivity contribution in [2.75, 3.05) is 20.8 Å². The van der Waals surface area contributed by atoms with Gasteiger partial charge >= 0.3 is 0 Å². The van der Waals surface area contributed by atoms with Crippen molar-refractivity contribution in [2.45, 2.75) is 20.0 Å². The highest BCUT2D eigenvalue weighted by molar-refractivity contribution is 5.98. The molecule has 7 heteroatoms. The van der Waals surface area contributed by atoms with Crippen LogP contribution in [0.2, 0.25) is 0 Å². The summed E-state index contributed by atoms with van der Waals surface area (Å²) in [5, 5.41) is 3.29. The Morgan fingerprint density at radius 1 is 1.21 bits per heavy atom. The number of methoxy groups -OCH3 is 2. The second-order valence-corrected chi connectivity index (χ2v) is 6.40. The summed E-state index contributed by atoms with van der Waals surface area (Å²) in [6.07, 6.45) is 1.69. The number of aromatic nitrogens is 2.